The van der Waals surface area contributed by atoms with Crippen molar-refractivity contribution in [3.8, 4) is 0 Å². The van der Waals surface area contributed by atoms with E-state index in [1.165, 1.54) is 4.31 Å². The monoisotopic (exact) mass is 421 g/mol. The van der Waals surface area contributed by atoms with Gasteiger partial charge in [-0.25, -0.2) is 8.42 Å². The fourth-order valence-corrected chi connectivity index (χ4v) is 5.46. The number of nitrogens with zero attached hydrogens (tertiary/aromatic N) is 1. The highest BCUT2D eigenvalue weighted by atomic mass is 35.5. The molecule has 0 aromatic heterocycles. The number of benzene rings is 2. The summed E-state index contributed by atoms with van der Waals surface area (Å²) in [5.74, 6) is -0.0401. The van der Waals surface area contributed by atoms with Gasteiger partial charge in [0.25, 0.3) is 0 Å². The standard InChI is InChI=1S/C20H23N3O3S.ClH/c21-18-13-23(12-17(18)14-5-2-1-3-6-14)27(25,26)16-9-10-19-15(11-16)7-4-8-20(24)22-19;/h1-3,5-6,9-11,17-18H,4,7-8,12-13,21H2,(H,22,24);1H/t17-,18+;/m0./s1. The molecule has 0 spiro atoms. The minimum atomic E-state index is -3.63. The summed E-state index contributed by atoms with van der Waals surface area (Å²) in [5.41, 5.74) is 8.90. The molecule has 0 aliphatic carbocycles. The van der Waals surface area contributed by atoms with Gasteiger partial charge in [-0.2, -0.15) is 4.31 Å². The first-order chi connectivity index (χ1) is 12.9. The van der Waals surface area contributed by atoms with E-state index < -0.39 is 10.0 Å². The summed E-state index contributed by atoms with van der Waals surface area (Å²) in [5, 5.41) is 2.84. The zero-order chi connectivity index (χ0) is 19.0. The summed E-state index contributed by atoms with van der Waals surface area (Å²) in [6.07, 6.45) is 1.85. The van der Waals surface area contributed by atoms with Gasteiger partial charge in [0.2, 0.25) is 15.9 Å². The Morgan fingerprint density at radius 1 is 1.04 bits per heavy atom. The Kier molecular flexibility index (Phi) is 6.09. The van der Waals surface area contributed by atoms with Gasteiger partial charge in [-0.05, 0) is 42.2 Å². The van der Waals surface area contributed by atoms with Crippen molar-refractivity contribution in [2.75, 3.05) is 18.4 Å². The number of nitrogens with one attached hydrogen (secondary N) is 1. The molecule has 1 fully saturated rings. The summed E-state index contributed by atoms with van der Waals surface area (Å²) in [6, 6.07) is 14.5. The van der Waals surface area contributed by atoms with Crippen LogP contribution in [0.2, 0.25) is 0 Å². The summed E-state index contributed by atoms with van der Waals surface area (Å²) in [4.78, 5) is 12.0. The molecule has 0 radical (unpaired) electrons. The van der Waals surface area contributed by atoms with Crippen LogP contribution in [0.15, 0.2) is 53.4 Å². The van der Waals surface area contributed by atoms with Gasteiger partial charge in [-0.1, -0.05) is 30.3 Å². The molecule has 0 bridgehead atoms. The molecule has 150 valence electrons. The maximum Gasteiger partial charge on any atom is 0.243 e. The highest BCUT2D eigenvalue weighted by molar-refractivity contribution is 7.89. The Hall–Kier alpha value is -1.93. The Labute approximate surface area is 171 Å². The van der Waals surface area contributed by atoms with Gasteiger partial charge in [-0.15, -0.1) is 12.4 Å². The molecule has 3 N–H and O–H groups in total. The van der Waals surface area contributed by atoms with Crippen molar-refractivity contribution in [3.05, 3.63) is 59.7 Å². The van der Waals surface area contributed by atoms with Crippen LogP contribution in [0.3, 0.4) is 0 Å². The number of amides is 1. The minimum absolute atomic E-state index is 0. The second kappa shape index (κ2) is 8.21. The van der Waals surface area contributed by atoms with Crippen molar-refractivity contribution in [2.45, 2.75) is 36.1 Å². The quantitative estimate of drug-likeness (QED) is 0.796. The summed E-state index contributed by atoms with van der Waals surface area (Å²) in [6.45, 7) is 0.678. The van der Waals surface area contributed by atoms with Crippen LogP contribution in [0.4, 0.5) is 5.69 Å². The van der Waals surface area contributed by atoms with Gasteiger partial charge in [-0.3, -0.25) is 4.79 Å². The molecule has 0 unspecified atom stereocenters. The van der Waals surface area contributed by atoms with E-state index in [4.69, 9.17) is 5.73 Å². The predicted molar refractivity (Wildman–Crippen MR) is 111 cm³/mol. The third kappa shape index (κ3) is 3.93. The molecule has 28 heavy (non-hydrogen) atoms. The second-order valence-electron chi connectivity index (χ2n) is 7.22. The van der Waals surface area contributed by atoms with E-state index in [0.29, 0.717) is 38.0 Å². The third-order valence-electron chi connectivity index (χ3n) is 5.40. The summed E-state index contributed by atoms with van der Waals surface area (Å²) in [7, 11) is -3.63. The largest absolute Gasteiger partial charge is 0.326 e. The first kappa shape index (κ1) is 20.8. The molecule has 0 saturated carbocycles. The number of aryl methyl sites for hydroxylation is 1. The van der Waals surface area contributed by atoms with Crippen LogP contribution in [-0.4, -0.2) is 37.8 Å². The number of hydrogen-bond donors (Lipinski definition) is 2. The van der Waals surface area contributed by atoms with Crippen LogP contribution in [0.5, 0.6) is 0 Å². The number of anilines is 1. The van der Waals surface area contributed by atoms with Crippen LogP contribution in [-0.2, 0) is 21.2 Å². The fourth-order valence-electron chi connectivity index (χ4n) is 3.90. The van der Waals surface area contributed by atoms with Crippen molar-refractivity contribution in [1.29, 1.82) is 0 Å². The van der Waals surface area contributed by atoms with E-state index in [0.717, 1.165) is 11.1 Å². The smallest absolute Gasteiger partial charge is 0.243 e. The highest BCUT2D eigenvalue weighted by Crippen LogP contribution is 2.32. The number of carbonyl (C=O) groups excluding carboxylic acids is 1. The molecule has 2 aliphatic rings. The maximum absolute atomic E-state index is 13.2. The average Bonchev–Trinajstić information content (AvgIpc) is 2.96. The lowest BCUT2D eigenvalue weighted by Gasteiger charge is -2.18. The molecule has 8 heteroatoms. The normalized spacial score (nSPS) is 22.7. The molecule has 1 saturated heterocycles. The van der Waals surface area contributed by atoms with Crippen molar-refractivity contribution in [2.24, 2.45) is 5.73 Å². The van der Waals surface area contributed by atoms with Crippen LogP contribution in [0.1, 0.15) is 29.9 Å². The van der Waals surface area contributed by atoms with E-state index in [2.05, 4.69) is 5.32 Å². The van der Waals surface area contributed by atoms with Crippen LogP contribution in [0, 0.1) is 0 Å². The Bertz CT molecular complexity index is 966. The molecular weight excluding hydrogens is 398 g/mol. The molecule has 2 atom stereocenters. The lowest BCUT2D eigenvalue weighted by Crippen LogP contribution is -2.32. The SMILES string of the molecule is Cl.N[C@@H]1CN(S(=O)(=O)c2ccc3c(c2)CCCC(=O)N3)C[C@H]1c1ccccc1. The van der Waals surface area contributed by atoms with Crippen molar-refractivity contribution < 1.29 is 13.2 Å². The topological polar surface area (TPSA) is 92.5 Å². The molecule has 2 aromatic carbocycles. The van der Waals surface area contributed by atoms with Crippen LogP contribution < -0.4 is 11.1 Å². The first-order valence-corrected chi connectivity index (χ1v) is 10.6. The van der Waals surface area contributed by atoms with Crippen molar-refractivity contribution >= 4 is 34.0 Å². The number of hydrogen-bond acceptors (Lipinski definition) is 4. The maximum atomic E-state index is 13.2. The zero-order valence-corrected chi connectivity index (χ0v) is 17.0. The molecule has 2 aromatic rings. The van der Waals surface area contributed by atoms with Gasteiger partial charge in [0.05, 0.1) is 4.90 Å². The highest BCUT2D eigenvalue weighted by Gasteiger charge is 2.38. The summed E-state index contributed by atoms with van der Waals surface area (Å²) < 4.78 is 27.8. The molecular formula is C20H24ClN3O3S. The van der Waals surface area contributed by atoms with E-state index in [-0.39, 0.29) is 35.2 Å². The Morgan fingerprint density at radius 3 is 2.54 bits per heavy atom. The molecule has 1 amide bonds. The number of sulfonamides is 1. The summed E-state index contributed by atoms with van der Waals surface area (Å²) >= 11 is 0. The average molecular weight is 422 g/mol. The van der Waals surface area contributed by atoms with Crippen LogP contribution in [0.25, 0.3) is 0 Å². The van der Waals surface area contributed by atoms with Crippen molar-refractivity contribution in [3.63, 3.8) is 0 Å². The number of fused-ring (bicyclic) bond motifs is 1. The first-order valence-electron chi connectivity index (χ1n) is 9.18. The lowest BCUT2D eigenvalue weighted by molar-refractivity contribution is -0.116. The Balaban J connectivity index is 0.00000225. The van der Waals surface area contributed by atoms with Gasteiger partial charge in [0.1, 0.15) is 0 Å². The van der Waals surface area contributed by atoms with E-state index in [1.54, 1.807) is 18.2 Å². The molecule has 2 heterocycles. The third-order valence-corrected chi connectivity index (χ3v) is 7.23. The van der Waals surface area contributed by atoms with Crippen LogP contribution >= 0.6 is 12.4 Å². The fraction of sp³-hybridized carbons (Fsp3) is 0.350. The number of carbonyl (C=O) groups is 1. The molecule has 2 aliphatic heterocycles. The van der Waals surface area contributed by atoms with Gasteiger partial charge < -0.3 is 11.1 Å². The van der Waals surface area contributed by atoms with Gasteiger partial charge in [0, 0.05) is 37.2 Å². The van der Waals surface area contributed by atoms with Gasteiger partial charge >= 0.3 is 0 Å². The van der Waals surface area contributed by atoms with E-state index >= 15 is 0 Å². The number of halogens is 1. The molecule has 6 nitrogen and oxygen atoms in total. The number of rotatable bonds is 3. The number of nitrogens with two attached hydrogens (primary N) is 1. The van der Waals surface area contributed by atoms with Gasteiger partial charge in [0.15, 0.2) is 0 Å². The lowest BCUT2D eigenvalue weighted by atomic mass is 9.95. The molecule has 4 rings (SSSR count). The second-order valence-corrected chi connectivity index (χ2v) is 9.16. The zero-order valence-electron chi connectivity index (χ0n) is 15.4. The van der Waals surface area contributed by atoms with Crippen molar-refractivity contribution in [1.82, 2.24) is 4.31 Å². The van der Waals surface area contributed by atoms with E-state index in [1.807, 2.05) is 30.3 Å². The predicted octanol–water partition coefficient (Wildman–Crippen LogP) is 2.50. The minimum Gasteiger partial charge on any atom is -0.326 e. The van der Waals surface area contributed by atoms with E-state index in [9.17, 15) is 13.2 Å². The Morgan fingerprint density at radius 2 is 1.79 bits per heavy atom.